The predicted octanol–water partition coefficient (Wildman–Crippen LogP) is 5.09. The lowest BCUT2D eigenvalue weighted by Crippen LogP contribution is -2.22. The van der Waals surface area contributed by atoms with Gasteiger partial charge in [-0.05, 0) is 47.5 Å². The number of carbonyl (C=O) groups is 1. The molecule has 0 unspecified atom stereocenters. The number of nitrogens with one attached hydrogen (secondary N) is 1. The van der Waals surface area contributed by atoms with Crippen molar-refractivity contribution in [3.8, 4) is 21.7 Å². The minimum Gasteiger partial charge on any atom is -0.346 e. The van der Waals surface area contributed by atoms with Gasteiger partial charge in [0.15, 0.2) is 14.8 Å². The first kappa shape index (κ1) is 22.8. The van der Waals surface area contributed by atoms with Crippen molar-refractivity contribution in [1.29, 1.82) is 0 Å². The van der Waals surface area contributed by atoms with E-state index in [0.29, 0.717) is 21.7 Å². The summed E-state index contributed by atoms with van der Waals surface area (Å²) in [6, 6.07) is 17.8. The fourth-order valence-electron chi connectivity index (χ4n) is 3.13. The average Bonchev–Trinajstić information content (AvgIpc) is 3.24. The largest absolute Gasteiger partial charge is 0.346 e. The van der Waals surface area contributed by atoms with Gasteiger partial charge in [-0.25, -0.2) is 22.2 Å². The smallest absolute Gasteiger partial charge is 0.280 e. The molecule has 168 valence electrons. The summed E-state index contributed by atoms with van der Waals surface area (Å²) in [7, 11) is -3.36. The van der Waals surface area contributed by atoms with E-state index in [1.165, 1.54) is 36.4 Å². The number of nitrogens with zero attached hydrogens (tertiary/aromatic N) is 1. The Hall–Kier alpha value is -3.43. The van der Waals surface area contributed by atoms with Gasteiger partial charge < -0.3 is 5.32 Å². The van der Waals surface area contributed by atoms with Crippen LogP contribution in [0.4, 0.5) is 8.78 Å². The van der Waals surface area contributed by atoms with Gasteiger partial charge in [-0.2, -0.15) is 0 Å². The molecule has 1 heterocycles. The molecule has 33 heavy (non-hydrogen) atoms. The van der Waals surface area contributed by atoms with E-state index in [2.05, 4.69) is 10.3 Å². The minimum atomic E-state index is -3.36. The highest BCUT2D eigenvalue weighted by Crippen LogP contribution is 2.37. The Morgan fingerprint density at radius 1 is 0.879 bits per heavy atom. The molecule has 0 saturated carbocycles. The van der Waals surface area contributed by atoms with E-state index in [-0.39, 0.29) is 28.1 Å². The second-order valence-corrected chi connectivity index (χ2v) is 10.3. The van der Waals surface area contributed by atoms with Crippen molar-refractivity contribution in [2.75, 3.05) is 6.26 Å². The number of amides is 1. The minimum absolute atomic E-state index is 0.169. The van der Waals surface area contributed by atoms with Crippen LogP contribution in [0.25, 0.3) is 21.7 Å². The first-order valence-electron chi connectivity index (χ1n) is 9.80. The van der Waals surface area contributed by atoms with Gasteiger partial charge in [-0.1, -0.05) is 36.4 Å². The van der Waals surface area contributed by atoms with Gasteiger partial charge in [0, 0.05) is 18.4 Å². The number of carbonyl (C=O) groups excluding carboxylic acids is 1. The molecule has 9 heteroatoms. The molecule has 0 aliphatic carbocycles. The summed E-state index contributed by atoms with van der Waals surface area (Å²) in [6.45, 7) is 0.197. The fourth-order valence-corrected chi connectivity index (χ4v) is 4.77. The van der Waals surface area contributed by atoms with Crippen LogP contribution < -0.4 is 5.32 Å². The normalized spacial score (nSPS) is 11.4. The van der Waals surface area contributed by atoms with Crippen LogP contribution in [0.15, 0.2) is 77.7 Å². The van der Waals surface area contributed by atoms with Gasteiger partial charge in [-0.3, -0.25) is 4.79 Å². The topological polar surface area (TPSA) is 76.1 Å². The molecule has 1 amide bonds. The zero-order valence-electron chi connectivity index (χ0n) is 17.4. The van der Waals surface area contributed by atoms with Gasteiger partial charge >= 0.3 is 0 Å². The number of rotatable bonds is 6. The Morgan fingerprint density at radius 2 is 1.42 bits per heavy atom. The van der Waals surface area contributed by atoms with Crippen LogP contribution in [0.3, 0.4) is 0 Å². The molecule has 0 fully saturated rings. The predicted molar refractivity (Wildman–Crippen MR) is 124 cm³/mol. The Bertz CT molecular complexity index is 1400. The van der Waals surface area contributed by atoms with Crippen molar-refractivity contribution in [2.24, 2.45) is 0 Å². The molecule has 0 radical (unpaired) electrons. The summed E-state index contributed by atoms with van der Waals surface area (Å²) in [4.78, 5) is 18.1. The Balaban J connectivity index is 1.68. The molecule has 4 aromatic rings. The fraction of sp³-hybridized carbons (Fsp3) is 0.0833. The van der Waals surface area contributed by atoms with Crippen LogP contribution in [0, 0.1) is 11.6 Å². The highest BCUT2D eigenvalue weighted by atomic mass is 32.2. The summed E-state index contributed by atoms with van der Waals surface area (Å²) < 4.78 is 50.1. The van der Waals surface area contributed by atoms with E-state index < -0.39 is 15.7 Å². The Kier molecular flexibility index (Phi) is 6.35. The highest BCUT2D eigenvalue weighted by Gasteiger charge is 2.20. The molecule has 0 aliphatic heterocycles. The molecule has 0 atom stereocenters. The van der Waals surface area contributed by atoms with Gasteiger partial charge in [0.1, 0.15) is 11.6 Å². The Morgan fingerprint density at radius 3 is 2.00 bits per heavy atom. The summed E-state index contributed by atoms with van der Waals surface area (Å²) in [5, 5.41) is 2.96. The van der Waals surface area contributed by atoms with E-state index in [1.54, 1.807) is 36.4 Å². The number of thiazole rings is 1. The zero-order valence-corrected chi connectivity index (χ0v) is 19.0. The molecule has 0 saturated heterocycles. The maximum atomic E-state index is 13.4. The molecule has 3 aromatic carbocycles. The lowest BCUT2D eigenvalue weighted by Gasteiger charge is -2.04. The number of aromatic nitrogens is 1. The van der Waals surface area contributed by atoms with Crippen molar-refractivity contribution >= 4 is 27.1 Å². The first-order valence-corrected chi connectivity index (χ1v) is 12.5. The van der Waals surface area contributed by atoms with Crippen LogP contribution in [-0.4, -0.2) is 25.6 Å². The number of halogens is 2. The van der Waals surface area contributed by atoms with Gasteiger partial charge in [0.2, 0.25) is 0 Å². The monoisotopic (exact) mass is 484 g/mol. The Labute approximate surface area is 193 Å². The van der Waals surface area contributed by atoms with E-state index >= 15 is 0 Å². The summed E-state index contributed by atoms with van der Waals surface area (Å²) in [5.41, 5.74) is 2.51. The van der Waals surface area contributed by atoms with Crippen LogP contribution in [0.5, 0.6) is 0 Å². The van der Waals surface area contributed by atoms with Gasteiger partial charge in [-0.15, -0.1) is 11.3 Å². The van der Waals surface area contributed by atoms with Crippen LogP contribution in [0.1, 0.15) is 15.4 Å². The quantitative estimate of drug-likeness (QED) is 0.414. The zero-order chi connectivity index (χ0) is 23.6. The molecule has 4 rings (SSSR count). The molecular weight excluding hydrogens is 466 g/mol. The second-order valence-electron chi connectivity index (χ2n) is 7.31. The van der Waals surface area contributed by atoms with Gasteiger partial charge in [0.25, 0.3) is 5.91 Å². The van der Waals surface area contributed by atoms with Crippen LogP contribution >= 0.6 is 11.3 Å². The van der Waals surface area contributed by atoms with E-state index in [1.807, 2.05) is 0 Å². The summed E-state index contributed by atoms with van der Waals surface area (Å²) in [5.74, 6) is -1.16. The van der Waals surface area contributed by atoms with Gasteiger partial charge in [0.05, 0.1) is 15.5 Å². The molecule has 5 nitrogen and oxygen atoms in total. The van der Waals surface area contributed by atoms with E-state index in [0.717, 1.165) is 23.2 Å². The molecule has 0 spiro atoms. The third kappa shape index (κ3) is 5.32. The average molecular weight is 485 g/mol. The summed E-state index contributed by atoms with van der Waals surface area (Å²) >= 11 is 1.14. The number of hydrogen-bond donors (Lipinski definition) is 1. The molecule has 0 aliphatic rings. The highest BCUT2D eigenvalue weighted by molar-refractivity contribution is 7.90. The van der Waals surface area contributed by atoms with Crippen molar-refractivity contribution in [2.45, 2.75) is 11.4 Å². The van der Waals surface area contributed by atoms with E-state index in [4.69, 9.17) is 0 Å². The third-order valence-electron chi connectivity index (χ3n) is 4.85. The standard InChI is InChI=1S/C24H18F2N2O3S2/c1-33(30,31)20-12-6-16(7-13-20)21-22(17-4-10-19(26)11-5-17)32-24(28-21)23(29)27-14-15-2-8-18(25)9-3-15/h2-13H,14H2,1H3,(H,27,29). The first-order chi connectivity index (χ1) is 15.7. The van der Waals surface area contributed by atoms with Crippen LogP contribution in [-0.2, 0) is 16.4 Å². The number of sulfone groups is 1. The van der Waals surface area contributed by atoms with Crippen molar-refractivity contribution in [3.63, 3.8) is 0 Å². The molecular formula is C24H18F2N2O3S2. The lowest BCUT2D eigenvalue weighted by atomic mass is 10.1. The van der Waals surface area contributed by atoms with E-state index in [9.17, 15) is 22.0 Å². The van der Waals surface area contributed by atoms with Crippen molar-refractivity contribution in [1.82, 2.24) is 10.3 Å². The summed E-state index contributed by atoms with van der Waals surface area (Å²) in [6.07, 6.45) is 1.12. The molecule has 1 aromatic heterocycles. The SMILES string of the molecule is CS(=O)(=O)c1ccc(-c2nc(C(=O)NCc3ccc(F)cc3)sc2-c2ccc(F)cc2)cc1. The molecule has 1 N–H and O–H groups in total. The third-order valence-corrected chi connectivity index (χ3v) is 7.08. The maximum absolute atomic E-state index is 13.4. The number of benzene rings is 3. The second kappa shape index (κ2) is 9.21. The van der Waals surface area contributed by atoms with Crippen molar-refractivity contribution in [3.05, 3.63) is 95.0 Å². The maximum Gasteiger partial charge on any atom is 0.280 e. The number of hydrogen-bond acceptors (Lipinski definition) is 5. The van der Waals surface area contributed by atoms with Crippen molar-refractivity contribution < 1.29 is 22.0 Å². The lowest BCUT2D eigenvalue weighted by molar-refractivity contribution is 0.0950. The van der Waals surface area contributed by atoms with Crippen LogP contribution in [0.2, 0.25) is 0 Å². The molecule has 0 bridgehead atoms.